The van der Waals surface area contributed by atoms with E-state index in [1.165, 1.54) is 6.07 Å². The van der Waals surface area contributed by atoms with E-state index in [4.69, 9.17) is 4.74 Å². The van der Waals surface area contributed by atoms with Crippen molar-refractivity contribution in [2.75, 3.05) is 0 Å². The average Bonchev–Trinajstić information content (AvgIpc) is 2.25. The van der Waals surface area contributed by atoms with Gasteiger partial charge in [-0.3, -0.25) is 0 Å². The fraction of sp³-hybridized carbons (Fsp3) is 0.571. The smallest absolute Gasteiger partial charge is 0.490 e. The zero-order valence-electron chi connectivity index (χ0n) is 12.6. The SMILES string of the molecule is CC1CC(C)CC(Oc2ccc([B-](F)(F)F)c(F)c2)C1.[K+]. The Morgan fingerprint density at radius 2 is 1.62 bits per heavy atom. The van der Waals surface area contributed by atoms with Crippen LogP contribution in [0.5, 0.6) is 5.75 Å². The number of hydrogen-bond donors (Lipinski definition) is 0. The van der Waals surface area contributed by atoms with E-state index in [0.29, 0.717) is 11.8 Å². The van der Waals surface area contributed by atoms with E-state index >= 15 is 0 Å². The maximum absolute atomic E-state index is 13.5. The molecule has 2 unspecified atom stereocenters. The first kappa shape index (κ1) is 19.5. The van der Waals surface area contributed by atoms with Crippen LogP contribution >= 0.6 is 0 Å². The van der Waals surface area contributed by atoms with Crippen molar-refractivity contribution < 1.29 is 73.5 Å². The summed E-state index contributed by atoms with van der Waals surface area (Å²) in [6.45, 7) is -1.06. The summed E-state index contributed by atoms with van der Waals surface area (Å²) in [7, 11) is 0. The summed E-state index contributed by atoms with van der Waals surface area (Å²) in [6, 6.07) is 2.81. The molecule has 1 aliphatic rings. The Labute approximate surface area is 165 Å². The van der Waals surface area contributed by atoms with Crippen molar-refractivity contribution >= 4 is 12.4 Å². The van der Waals surface area contributed by atoms with Gasteiger partial charge >= 0.3 is 58.4 Å². The van der Waals surface area contributed by atoms with Crippen molar-refractivity contribution in [2.45, 2.75) is 39.2 Å². The van der Waals surface area contributed by atoms with Gasteiger partial charge in [0.15, 0.2) is 0 Å². The first-order chi connectivity index (χ1) is 9.25. The summed E-state index contributed by atoms with van der Waals surface area (Å²) in [5, 5.41) is 0. The van der Waals surface area contributed by atoms with Crippen molar-refractivity contribution in [3.8, 4) is 5.75 Å². The zero-order chi connectivity index (χ0) is 14.9. The molecule has 1 nitrogen and oxygen atoms in total. The van der Waals surface area contributed by atoms with Crippen molar-refractivity contribution in [3.63, 3.8) is 0 Å². The largest absolute Gasteiger partial charge is 1.00 e. The van der Waals surface area contributed by atoms with Crippen molar-refractivity contribution in [2.24, 2.45) is 11.8 Å². The summed E-state index contributed by atoms with van der Waals surface area (Å²) in [6.07, 6.45) is 2.80. The molecule has 2 rings (SSSR count). The summed E-state index contributed by atoms with van der Waals surface area (Å²) < 4.78 is 56.7. The van der Waals surface area contributed by atoms with Crippen molar-refractivity contribution in [3.05, 3.63) is 24.0 Å². The molecule has 112 valence electrons. The Balaban J connectivity index is 0.00000220. The fourth-order valence-corrected chi connectivity index (χ4v) is 3.01. The van der Waals surface area contributed by atoms with Gasteiger partial charge in [-0.1, -0.05) is 25.4 Å². The monoisotopic (exact) mass is 328 g/mol. The summed E-state index contributed by atoms with van der Waals surface area (Å²) in [4.78, 5) is 0. The zero-order valence-corrected chi connectivity index (χ0v) is 15.7. The Morgan fingerprint density at radius 1 is 1.05 bits per heavy atom. The molecule has 1 aromatic rings. The average molecular weight is 328 g/mol. The minimum atomic E-state index is -5.32. The van der Waals surface area contributed by atoms with Gasteiger partial charge in [0.2, 0.25) is 0 Å². The number of ether oxygens (including phenoxy) is 1. The Hall–Kier alpha value is 0.441. The van der Waals surface area contributed by atoms with Gasteiger partial charge in [0.25, 0.3) is 0 Å². The number of hydrogen-bond acceptors (Lipinski definition) is 1. The molecule has 0 radical (unpaired) electrons. The summed E-state index contributed by atoms with van der Waals surface area (Å²) in [5.41, 5.74) is -1.19. The minimum Gasteiger partial charge on any atom is -0.490 e. The predicted molar refractivity (Wildman–Crippen MR) is 71.7 cm³/mol. The maximum Gasteiger partial charge on any atom is 1.00 e. The Kier molecular flexibility index (Phi) is 7.25. The molecule has 1 saturated carbocycles. The maximum atomic E-state index is 13.5. The summed E-state index contributed by atoms with van der Waals surface area (Å²) in [5.74, 6) is -0.0396. The van der Waals surface area contributed by atoms with Gasteiger partial charge < -0.3 is 17.7 Å². The van der Waals surface area contributed by atoms with Crippen LogP contribution in [-0.4, -0.2) is 13.1 Å². The number of rotatable bonds is 3. The van der Waals surface area contributed by atoms with Crippen LogP contribution in [0.3, 0.4) is 0 Å². The minimum absolute atomic E-state index is 0. The van der Waals surface area contributed by atoms with Crippen LogP contribution in [0.1, 0.15) is 33.1 Å². The standard InChI is InChI=1S/C14H18BF4O.K/c1-9-5-10(2)7-12(6-9)20-11-3-4-13(14(16)8-11)15(17,18)19;/h3-4,8-10,12H,5-7H2,1-2H3;/q-1;+1. The molecular weight excluding hydrogens is 310 g/mol. The third-order valence-electron chi connectivity index (χ3n) is 3.76. The van der Waals surface area contributed by atoms with Crippen molar-refractivity contribution in [1.29, 1.82) is 0 Å². The quantitative estimate of drug-likeness (QED) is 0.596. The second-order valence-electron chi connectivity index (χ2n) is 5.92. The van der Waals surface area contributed by atoms with E-state index in [1.54, 1.807) is 0 Å². The first-order valence-electron chi connectivity index (χ1n) is 6.91. The fourth-order valence-electron chi connectivity index (χ4n) is 3.01. The molecule has 0 saturated heterocycles. The topological polar surface area (TPSA) is 9.23 Å². The molecule has 21 heavy (non-hydrogen) atoms. The van der Waals surface area contributed by atoms with Crippen LogP contribution in [0, 0.1) is 17.7 Å². The van der Waals surface area contributed by atoms with Crippen LogP contribution in [0.2, 0.25) is 0 Å². The van der Waals surface area contributed by atoms with Crippen LogP contribution in [0.15, 0.2) is 18.2 Å². The molecule has 0 spiro atoms. The van der Waals surface area contributed by atoms with E-state index in [9.17, 15) is 17.3 Å². The van der Waals surface area contributed by atoms with Crippen LogP contribution in [0.4, 0.5) is 17.3 Å². The van der Waals surface area contributed by atoms with Gasteiger partial charge in [0.05, 0.1) is 11.9 Å². The third-order valence-corrected chi connectivity index (χ3v) is 3.76. The normalized spacial score (nSPS) is 26.1. The van der Waals surface area contributed by atoms with Gasteiger partial charge in [-0.2, -0.15) is 0 Å². The molecule has 1 aromatic carbocycles. The Morgan fingerprint density at radius 3 is 2.10 bits per heavy atom. The van der Waals surface area contributed by atoms with E-state index in [-0.39, 0.29) is 63.2 Å². The van der Waals surface area contributed by atoms with E-state index in [0.717, 1.165) is 31.4 Å². The third kappa shape index (κ3) is 5.53. The van der Waals surface area contributed by atoms with Gasteiger partial charge in [-0.25, -0.2) is 4.39 Å². The molecule has 0 bridgehead atoms. The molecule has 0 aromatic heterocycles. The molecule has 1 aliphatic carbocycles. The van der Waals surface area contributed by atoms with Crippen LogP contribution in [-0.2, 0) is 0 Å². The molecule has 0 N–H and O–H groups in total. The van der Waals surface area contributed by atoms with E-state index < -0.39 is 18.3 Å². The van der Waals surface area contributed by atoms with Crippen LogP contribution < -0.4 is 61.6 Å². The second-order valence-corrected chi connectivity index (χ2v) is 5.92. The molecule has 1 fully saturated rings. The van der Waals surface area contributed by atoms with Gasteiger partial charge in [-0.15, -0.1) is 0 Å². The number of benzene rings is 1. The van der Waals surface area contributed by atoms with Crippen LogP contribution in [0.25, 0.3) is 0 Å². The molecular formula is C14H18BF4KO. The van der Waals surface area contributed by atoms with Crippen molar-refractivity contribution in [1.82, 2.24) is 0 Å². The first-order valence-corrected chi connectivity index (χ1v) is 6.91. The molecule has 0 heterocycles. The molecule has 2 atom stereocenters. The Bertz CT molecular complexity index is 471. The molecule has 0 amide bonds. The molecule has 0 aliphatic heterocycles. The summed E-state index contributed by atoms with van der Waals surface area (Å²) >= 11 is 0. The van der Waals surface area contributed by atoms with E-state index in [2.05, 4.69) is 13.8 Å². The van der Waals surface area contributed by atoms with Gasteiger partial charge in [0.1, 0.15) is 5.75 Å². The number of halogens is 4. The van der Waals surface area contributed by atoms with Gasteiger partial charge in [0, 0.05) is 6.07 Å². The predicted octanol–water partition coefficient (Wildman–Crippen LogP) is 1.09. The van der Waals surface area contributed by atoms with Gasteiger partial charge in [-0.05, 0) is 37.2 Å². The van der Waals surface area contributed by atoms with E-state index in [1.807, 2.05) is 0 Å². The second kappa shape index (κ2) is 7.82. The molecule has 7 heteroatoms.